The molecular weight excluding hydrogens is 343 g/mol. The van der Waals surface area contributed by atoms with Gasteiger partial charge in [0.05, 0.1) is 6.54 Å². The molecule has 0 spiro atoms. The molecule has 0 aliphatic heterocycles. The van der Waals surface area contributed by atoms with Crippen LogP contribution in [0.1, 0.15) is 36.5 Å². The van der Waals surface area contributed by atoms with Gasteiger partial charge in [0.1, 0.15) is 17.7 Å². The van der Waals surface area contributed by atoms with Crippen LogP contribution in [0.4, 0.5) is 9.18 Å². The number of nitrogens with zero attached hydrogens (tertiary/aromatic N) is 1. The number of nitrogens with one attached hydrogen (secondary N) is 1. The van der Waals surface area contributed by atoms with Gasteiger partial charge in [0, 0.05) is 13.6 Å². The minimum atomic E-state index is -0.283. The number of carbonyl (C=O) groups excluding carboxylic acids is 1. The number of fused-ring (bicyclic) bond motifs is 1. The second-order valence-corrected chi connectivity index (χ2v) is 7.13. The second-order valence-electron chi connectivity index (χ2n) is 7.13. The summed E-state index contributed by atoms with van der Waals surface area (Å²) in [7, 11) is 1.61. The van der Waals surface area contributed by atoms with Crippen LogP contribution in [0.5, 0.6) is 5.75 Å². The zero-order valence-corrected chi connectivity index (χ0v) is 16.0. The molecule has 0 saturated heterocycles. The smallest absolute Gasteiger partial charge is 0.317 e. The van der Waals surface area contributed by atoms with Crippen LogP contribution in [0.3, 0.4) is 0 Å². The Morgan fingerprint density at radius 3 is 2.56 bits per heavy atom. The number of rotatable bonds is 6. The maximum Gasteiger partial charge on any atom is 0.317 e. The van der Waals surface area contributed by atoms with Gasteiger partial charge >= 0.3 is 6.03 Å². The van der Waals surface area contributed by atoms with Crippen molar-refractivity contribution in [2.24, 2.45) is 0 Å². The first-order valence-corrected chi connectivity index (χ1v) is 9.54. The van der Waals surface area contributed by atoms with Crippen molar-refractivity contribution in [2.45, 2.75) is 45.3 Å². The number of hydrogen-bond donors (Lipinski definition) is 1. The number of benzene rings is 2. The van der Waals surface area contributed by atoms with Gasteiger partial charge in [-0.2, -0.15) is 0 Å². The van der Waals surface area contributed by atoms with E-state index in [1.54, 1.807) is 24.1 Å². The maximum atomic E-state index is 13.1. The van der Waals surface area contributed by atoms with E-state index < -0.39 is 0 Å². The summed E-state index contributed by atoms with van der Waals surface area (Å²) in [5, 5.41) is 2.66. The highest BCUT2D eigenvalue weighted by atomic mass is 19.1. The fraction of sp³-hybridized carbons (Fsp3) is 0.409. The molecule has 2 aromatic rings. The van der Waals surface area contributed by atoms with Crippen molar-refractivity contribution in [1.82, 2.24) is 10.2 Å². The quantitative estimate of drug-likeness (QED) is 0.823. The molecule has 27 heavy (non-hydrogen) atoms. The molecule has 1 atom stereocenters. The topological polar surface area (TPSA) is 41.6 Å². The number of hydrogen-bond acceptors (Lipinski definition) is 2. The van der Waals surface area contributed by atoms with Gasteiger partial charge in [-0.15, -0.1) is 0 Å². The average Bonchev–Trinajstić information content (AvgIpc) is 2.68. The molecule has 0 saturated carbocycles. The highest BCUT2D eigenvalue weighted by Crippen LogP contribution is 2.26. The van der Waals surface area contributed by atoms with Crippen molar-refractivity contribution >= 4 is 6.03 Å². The molecule has 0 fully saturated rings. The third kappa shape index (κ3) is 5.22. The molecule has 5 heteroatoms. The van der Waals surface area contributed by atoms with Gasteiger partial charge in [0.25, 0.3) is 0 Å². The van der Waals surface area contributed by atoms with E-state index in [-0.39, 0.29) is 18.0 Å². The molecular formula is C22H27FN2O2. The third-order valence-corrected chi connectivity index (χ3v) is 4.92. The normalized spacial score (nSPS) is 14.2. The molecule has 0 aromatic heterocycles. The Bertz CT molecular complexity index is 776. The van der Waals surface area contributed by atoms with Crippen LogP contribution in [-0.2, 0) is 19.4 Å². The van der Waals surface area contributed by atoms with Gasteiger partial charge in [-0.1, -0.05) is 18.2 Å². The van der Waals surface area contributed by atoms with Crippen LogP contribution in [0, 0.1) is 5.82 Å². The van der Waals surface area contributed by atoms with E-state index in [1.165, 1.54) is 36.1 Å². The van der Waals surface area contributed by atoms with Gasteiger partial charge in [-0.05, 0) is 73.6 Å². The Morgan fingerprint density at radius 1 is 1.15 bits per heavy atom. The van der Waals surface area contributed by atoms with E-state index in [9.17, 15) is 9.18 Å². The first-order valence-electron chi connectivity index (χ1n) is 9.54. The van der Waals surface area contributed by atoms with Crippen LogP contribution >= 0.6 is 0 Å². The number of carbonyl (C=O) groups is 1. The highest BCUT2D eigenvalue weighted by molar-refractivity contribution is 5.73. The molecule has 1 aliphatic rings. The number of ether oxygens (including phenoxy) is 1. The lowest BCUT2D eigenvalue weighted by Crippen LogP contribution is -2.42. The summed E-state index contributed by atoms with van der Waals surface area (Å²) in [6, 6.07) is 12.3. The predicted molar refractivity (Wildman–Crippen MR) is 104 cm³/mol. The van der Waals surface area contributed by atoms with E-state index in [0.29, 0.717) is 13.1 Å². The molecule has 1 N–H and O–H groups in total. The van der Waals surface area contributed by atoms with Gasteiger partial charge in [0.15, 0.2) is 0 Å². The number of amides is 2. The van der Waals surface area contributed by atoms with Crippen LogP contribution < -0.4 is 10.1 Å². The minimum Gasteiger partial charge on any atom is -0.489 e. The zero-order chi connectivity index (χ0) is 19.2. The van der Waals surface area contributed by atoms with Crippen molar-refractivity contribution in [3.8, 4) is 5.75 Å². The van der Waals surface area contributed by atoms with Gasteiger partial charge < -0.3 is 15.0 Å². The van der Waals surface area contributed by atoms with E-state index in [2.05, 4.69) is 17.4 Å². The Labute approximate surface area is 160 Å². The Morgan fingerprint density at radius 2 is 1.85 bits per heavy atom. The average molecular weight is 370 g/mol. The summed E-state index contributed by atoms with van der Waals surface area (Å²) in [4.78, 5) is 13.9. The lowest BCUT2D eigenvalue weighted by molar-refractivity contribution is 0.145. The van der Waals surface area contributed by atoms with Crippen LogP contribution in [0.25, 0.3) is 0 Å². The molecule has 0 heterocycles. The maximum absolute atomic E-state index is 13.1. The lowest BCUT2D eigenvalue weighted by atomic mass is 9.92. The molecule has 144 valence electrons. The summed E-state index contributed by atoms with van der Waals surface area (Å²) < 4.78 is 19.2. The SMILES string of the molecule is CNC(=O)N(Cc1ccc(F)cc1)CC(C)Oc1ccc2c(c1)CCCC2. The third-order valence-electron chi connectivity index (χ3n) is 4.92. The summed E-state index contributed by atoms with van der Waals surface area (Å²) >= 11 is 0. The number of halogens is 1. The fourth-order valence-electron chi connectivity index (χ4n) is 3.55. The fourth-order valence-corrected chi connectivity index (χ4v) is 3.55. The Kier molecular flexibility index (Phi) is 6.32. The van der Waals surface area contributed by atoms with Crippen molar-refractivity contribution < 1.29 is 13.9 Å². The molecule has 3 rings (SSSR count). The Hall–Kier alpha value is -2.56. The summed E-state index contributed by atoms with van der Waals surface area (Å²) in [6.45, 7) is 2.80. The second kappa shape index (κ2) is 8.89. The summed E-state index contributed by atoms with van der Waals surface area (Å²) in [6.07, 6.45) is 4.58. The van der Waals surface area contributed by atoms with Gasteiger partial charge in [0.2, 0.25) is 0 Å². The molecule has 0 radical (unpaired) electrons. The zero-order valence-electron chi connectivity index (χ0n) is 16.0. The first kappa shape index (κ1) is 19.2. The number of urea groups is 1. The van der Waals surface area contributed by atoms with Gasteiger partial charge in [-0.3, -0.25) is 0 Å². The van der Waals surface area contributed by atoms with Crippen LogP contribution in [0.2, 0.25) is 0 Å². The van der Waals surface area contributed by atoms with Crippen molar-refractivity contribution in [3.05, 3.63) is 65.0 Å². The number of aryl methyl sites for hydroxylation is 2. The van der Waals surface area contributed by atoms with Crippen LogP contribution in [0.15, 0.2) is 42.5 Å². The van der Waals surface area contributed by atoms with Gasteiger partial charge in [-0.25, -0.2) is 9.18 Å². The van der Waals surface area contributed by atoms with Crippen molar-refractivity contribution in [1.29, 1.82) is 0 Å². The van der Waals surface area contributed by atoms with E-state index >= 15 is 0 Å². The largest absolute Gasteiger partial charge is 0.489 e. The predicted octanol–water partition coefficient (Wildman–Crippen LogP) is 4.31. The Balaban J connectivity index is 1.64. The lowest BCUT2D eigenvalue weighted by Gasteiger charge is -2.26. The van der Waals surface area contributed by atoms with E-state index in [1.807, 2.05) is 13.0 Å². The molecule has 1 aliphatic carbocycles. The van der Waals surface area contributed by atoms with E-state index in [4.69, 9.17) is 4.74 Å². The first-order chi connectivity index (χ1) is 13.0. The van der Waals surface area contributed by atoms with Crippen LogP contribution in [-0.4, -0.2) is 30.6 Å². The standard InChI is InChI=1S/C22H27FN2O2/c1-16(27-21-12-9-18-5-3-4-6-19(18)13-21)14-25(22(26)24-2)15-17-7-10-20(23)11-8-17/h7-13,16H,3-6,14-15H2,1-2H3,(H,24,26). The molecule has 1 unspecified atom stereocenters. The van der Waals surface area contributed by atoms with E-state index in [0.717, 1.165) is 24.2 Å². The van der Waals surface area contributed by atoms with Crippen molar-refractivity contribution in [3.63, 3.8) is 0 Å². The molecule has 2 aromatic carbocycles. The highest BCUT2D eigenvalue weighted by Gasteiger charge is 2.18. The summed E-state index contributed by atoms with van der Waals surface area (Å²) in [5.74, 6) is 0.566. The molecule has 4 nitrogen and oxygen atoms in total. The summed E-state index contributed by atoms with van der Waals surface area (Å²) in [5.41, 5.74) is 3.67. The van der Waals surface area contributed by atoms with Crippen molar-refractivity contribution in [2.75, 3.05) is 13.6 Å². The minimum absolute atomic E-state index is 0.163. The monoisotopic (exact) mass is 370 g/mol. The molecule has 2 amide bonds. The molecule has 0 bridgehead atoms.